The topological polar surface area (TPSA) is 80.3 Å². The molecule has 4 nitrogen and oxygen atoms in total. The molecule has 7 heavy (non-hydrogen) atoms. The SMILES string of the molecule is [Ba+2].[Na+].[O]=[Cr](=[O])([O-])[O-]. The molecule has 0 saturated heterocycles. The van der Waals surface area contributed by atoms with E-state index in [0.717, 1.165) is 0 Å². The van der Waals surface area contributed by atoms with Gasteiger partial charge in [0.2, 0.25) is 0 Å². The summed E-state index contributed by atoms with van der Waals surface area (Å²) in [5.74, 6) is 0. The van der Waals surface area contributed by atoms with Gasteiger partial charge in [0, 0.05) is 0 Å². The van der Waals surface area contributed by atoms with Crippen molar-refractivity contribution in [2.45, 2.75) is 0 Å². The predicted molar refractivity (Wildman–Crippen MR) is 7.13 cm³/mol. The van der Waals surface area contributed by atoms with Crippen LogP contribution >= 0.6 is 0 Å². The molecule has 0 aromatic carbocycles. The Morgan fingerprint density at radius 3 is 1.14 bits per heavy atom. The van der Waals surface area contributed by atoms with Gasteiger partial charge in [0.25, 0.3) is 0 Å². The summed E-state index contributed by atoms with van der Waals surface area (Å²) in [5.41, 5.74) is 0. The van der Waals surface area contributed by atoms with Gasteiger partial charge in [0.15, 0.2) is 0 Å². The monoisotopic (exact) mass is 277 g/mol. The average molecular weight is 276 g/mol. The minimum atomic E-state index is -5.75. The van der Waals surface area contributed by atoms with Crippen molar-refractivity contribution in [1.29, 1.82) is 0 Å². The fourth-order valence-electron chi connectivity index (χ4n) is 0. The molecule has 0 unspecified atom stereocenters. The van der Waals surface area contributed by atoms with Crippen molar-refractivity contribution in [3.63, 3.8) is 0 Å². The zero-order chi connectivity index (χ0) is 4.50. The van der Waals surface area contributed by atoms with Crippen LogP contribution in [0.5, 0.6) is 0 Å². The fourth-order valence-corrected chi connectivity index (χ4v) is 0. The summed E-state index contributed by atoms with van der Waals surface area (Å²) in [4.78, 5) is 0. The number of rotatable bonds is 0. The van der Waals surface area contributed by atoms with E-state index in [1.165, 1.54) is 0 Å². The average Bonchev–Trinajstić information content (AvgIpc) is 0.722. The first-order valence-electron chi connectivity index (χ1n) is 0.667. The van der Waals surface area contributed by atoms with Crippen LogP contribution in [0, 0.1) is 0 Å². The Morgan fingerprint density at radius 2 is 1.14 bits per heavy atom. The van der Waals surface area contributed by atoms with Crippen molar-refractivity contribution in [3.05, 3.63) is 0 Å². The predicted octanol–water partition coefficient (Wildman–Crippen LogP) is -5.99. The summed E-state index contributed by atoms with van der Waals surface area (Å²) in [7, 11) is 0. The second-order valence-electron chi connectivity index (χ2n) is 0.408. The van der Waals surface area contributed by atoms with E-state index in [9.17, 15) is 0 Å². The van der Waals surface area contributed by atoms with E-state index in [0.29, 0.717) is 0 Å². The molecule has 0 aliphatic heterocycles. The van der Waals surface area contributed by atoms with E-state index >= 15 is 0 Å². The van der Waals surface area contributed by atoms with Crippen LogP contribution in [0.4, 0.5) is 0 Å². The summed E-state index contributed by atoms with van der Waals surface area (Å²) >= 11 is -5.75. The molecule has 0 amide bonds. The van der Waals surface area contributed by atoms with Crippen LogP contribution in [0.3, 0.4) is 0 Å². The molecule has 0 N–H and O–H groups in total. The minimum absolute atomic E-state index is 0. The van der Waals surface area contributed by atoms with Crippen LogP contribution in [0.1, 0.15) is 0 Å². The maximum absolute atomic E-state index is 8.59. The zero-order valence-electron chi connectivity index (χ0n) is 3.75. The molecule has 0 fully saturated rings. The summed E-state index contributed by atoms with van der Waals surface area (Å²) in [6, 6.07) is 0. The van der Waals surface area contributed by atoms with Gasteiger partial charge in [0.1, 0.15) is 0 Å². The van der Waals surface area contributed by atoms with E-state index in [2.05, 4.69) is 0 Å². The molecule has 7 heteroatoms. The van der Waals surface area contributed by atoms with Gasteiger partial charge in [-0.05, 0) is 0 Å². The first-order chi connectivity index (χ1) is 2.00. The third-order valence-corrected chi connectivity index (χ3v) is 0. The van der Waals surface area contributed by atoms with E-state index in [-0.39, 0.29) is 78.4 Å². The van der Waals surface area contributed by atoms with Crippen LogP contribution in [-0.2, 0) is 21.2 Å². The van der Waals surface area contributed by atoms with E-state index in [1.807, 2.05) is 0 Å². The molecule has 32 valence electrons. The van der Waals surface area contributed by atoms with Gasteiger partial charge in [-0.25, -0.2) is 0 Å². The molecular formula is BaCrNaO4+. The molecule has 0 spiro atoms. The van der Waals surface area contributed by atoms with Crippen molar-refractivity contribution in [2.75, 3.05) is 0 Å². The molecule has 0 saturated carbocycles. The molecule has 0 aromatic heterocycles. The van der Waals surface area contributed by atoms with Crippen LogP contribution in [-0.4, -0.2) is 48.9 Å². The molecule has 0 aliphatic rings. The van der Waals surface area contributed by atoms with Crippen LogP contribution in [0.25, 0.3) is 0 Å². The second-order valence-corrected chi connectivity index (χ2v) is 1.68. The first kappa shape index (κ1) is 16.3. The fraction of sp³-hybridized carbons (Fsp3) is 0. The molecule has 0 bridgehead atoms. The summed E-state index contributed by atoms with van der Waals surface area (Å²) in [6.45, 7) is 0. The van der Waals surface area contributed by atoms with Gasteiger partial charge in [-0.15, -0.1) is 0 Å². The molecule has 0 radical (unpaired) electrons. The van der Waals surface area contributed by atoms with Crippen molar-refractivity contribution in [1.82, 2.24) is 0 Å². The molecule has 0 aromatic rings. The molecular weight excluding hydrogens is 276 g/mol. The third-order valence-electron chi connectivity index (χ3n) is 0. The number of hydrogen-bond donors (Lipinski definition) is 0. The second kappa shape index (κ2) is 6.74. The van der Waals surface area contributed by atoms with E-state index < -0.39 is 13.6 Å². The summed E-state index contributed by atoms with van der Waals surface area (Å²) in [6.07, 6.45) is 0. The van der Waals surface area contributed by atoms with Gasteiger partial charge < -0.3 is 0 Å². The van der Waals surface area contributed by atoms with E-state index in [4.69, 9.17) is 15.9 Å². The normalized spacial score (nSPS) is 8.29. The Balaban J connectivity index is -0.0000000800. The Kier molecular flexibility index (Phi) is 15.7. The first-order valence-corrected chi connectivity index (χ1v) is 2.75. The van der Waals surface area contributed by atoms with Gasteiger partial charge in [-0.1, -0.05) is 0 Å². The quantitative estimate of drug-likeness (QED) is 0.413. The van der Waals surface area contributed by atoms with Gasteiger partial charge in [0.05, 0.1) is 0 Å². The molecule has 0 rings (SSSR count). The van der Waals surface area contributed by atoms with Crippen LogP contribution in [0.2, 0.25) is 0 Å². The molecule has 0 atom stereocenters. The van der Waals surface area contributed by atoms with Crippen LogP contribution < -0.4 is 37.9 Å². The van der Waals surface area contributed by atoms with Gasteiger partial charge >= 0.3 is 108 Å². The maximum atomic E-state index is 8.59. The summed E-state index contributed by atoms with van der Waals surface area (Å²) in [5, 5.41) is 0. The van der Waals surface area contributed by atoms with Crippen molar-refractivity contribution in [3.8, 4) is 0 Å². The molecule has 0 aliphatic carbocycles. The Hall–Kier alpha value is 2.62. The molecule has 0 heterocycles. The van der Waals surface area contributed by atoms with Crippen LogP contribution in [0.15, 0.2) is 0 Å². The Morgan fingerprint density at radius 1 is 1.14 bits per heavy atom. The third kappa shape index (κ3) is 55.0. The Labute approximate surface area is 105 Å². The van der Waals surface area contributed by atoms with Crippen molar-refractivity contribution < 1.29 is 59.1 Å². The van der Waals surface area contributed by atoms with E-state index in [1.54, 1.807) is 0 Å². The number of hydrogen-bond acceptors (Lipinski definition) is 4. The summed E-state index contributed by atoms with van der Waals surface area (Å²) < 4.78 is 34.4. The Bertz CT molecular complexity index is 94.9. The van der Waals surface area contributed by atoms with Gasteiger partial charge in [-0.3, -0.25) is 0 Å². The van der Waals surface area contributed by atoms with Crippen molar-refractivity contribution >= 4 is 48.9 Å². The van der Waals surface area contributed by atoms with Gasteiger partial charge in [-0.2, -0.15) is 0 Å². The zero-order valence-corrected chi connectivity index (χ0v) is 11.5. The standard InChI is InChI=1S/Ba.Cr.Na.4O/q+2;;+1;;;2*-1. The van der Waals surface area contributed by atoms with Crippen molar-refractivity contribution in [2.24, 2.45) is 0 Å².